The Bertz CT molecular complexity index is 575. The summed E-state index contributed by atoms with van der Waals surface area (Å²) < 4.78 is 1.73. The summed E-state index contributed by atoms with van der Waals surface area (Å²) in [7, 11) is 0. The molecule has 2 aromatic rings. The number of benzene rings is 1. The monoisotopic (exact) mass is 258 g/mol. The first-order chi connectivity index (χ1) is 9.13. The lowest BCUT2D eigenvalue weighted by atomic mass is 10.2. The zero-order valence-electron chi connectivity index (χ0n) is 11.2. The van der Waals surface area contributed by atoms with Gasteiger partial charge in [-0.1, -0.05) is 31.5 Å². The van der Waals surface area contributed by atoms with Crippen LogP contribution in [-0.2, 0) is 6.42 Å². The molecule has 0 fully saturated rings. The molecule has 0 saturated carbocycles. The van der Waals surface area contributed by atoms with Gasteiger partial charge in [0.15, 0.2) is 0 Å². The fourth-order valence-corrected chi connectivity index (χ4v) is 2.03. The van der Waals surface area contributed by atoms with Gasteiger partial charge in [-0.3, -0.25) is 5.32 Å². The second-order valence-corrected chi connectivity index (χ2v) is 4.41. The van der Waals surface area contributed by atoms with E-state index < -0.39 is 6.03 Å². The maximum atomic E-state index is 11.1. The Labute approximate surface area is 112 Å². The van der Waals surface area contributed by atoms with Crippen molar-refractivity contribution >= 4 is 11.8 Å². The minimum atomic E-state index is -0.580. The van der Waals surface area contributed by atoms with Crippen molar-refractivity contribution in [1.29, 1.82) is 0 Å². The average Bonchev–Trinajstić information content (AvgIpc) is 2.69. The van der Waals surface area contributed by atoms with Crippen LogP contribution in [0.4, 0.5) is 10.6 Å². The standard InChI is InChI=1S/C14H18N4O/c1-3-7-12-10(2)13(16-14(15)19)18(17-12)11-8-5-4-6-9-11/h4-6,8-9H,3,7H2,1-2H3,(H3,15,16,19). The number of anilines is 1. The maximum Gasteiger partial charge on any atom is 0.317 e. The molecule has 3 N–H and O–H groups in total. The lowest BCUT2D eigenvalue weighted by Crippen LogP contribution is -2.21. The molecule has 0 aliphatic carbocycles. The number of nitrogens with two attached hydrogens (primary N) is 1. The molecule has 1 aromatic carbocycles. The van der Waals surface area contributed by atoms with E-state index in [4.69, 9.17) is 5.73 Å². The van der Waals surface area contributed by atoms with Gasteiger partial charge in [0, 0.05) is 5.56 Å². The first-order valence-electron chi connectivity index (χ1n) is 6.33. The first kappa shape index (κ1) is 13.1. The van der Waals surface area contributed by atoms with Crippen molar-refractivity contribution in [3.8, 4) is 5.69 Å². The van der Waals surface area contributed by atoms with Crippen molar-refractivity contribution in [1.82, 2.24) is 9.78 Å². The second-order valence-electron chi connectivity index (χ2n) is 4.41. The van der Waals surface area contributed by atoms with Crippen LogP contribution in [0.2, 0.25) is 0 Å². The SMILES string of the molecule is CCCc1nn(-c2ccccc2)c(NC(N)=O)c1C. The smallest absolute Gasteiger partial charge is 0.317 e. The van der Waals surface area contributed by atoms with E-state index in [0.29, 0.717) is 5.82 Å². The van der Waals surface area contributed by atoms with Crippen LogP contribution in [0.5, 0.6) is 0 Å². The third-order valence-corrected chi connectivity index (χ3v) is 2.95. The molecule has 0 aliphatic heterocycles. The quantitative estimate of drug-likeness (QED) is 0.884. The molecule has 19 heavy (non-hydrogen) atoms. The third kappa shape index (κ3) is 2.76. The number of nitrogens with zero attached hydrogens (tertiary/aromatic N) is 2. The fraction of sp³-hybridized carbons (Fsp3) is 0.286. The summed E-state index contributed by atoms with van der Waals surface area (Å²) in [4.78, 5) is 11.1. The van der Waals surface area contributed by atoms with Crippen molar-refractivity contribution in [2.45, 2.75) is 26.7 Å². The molecule has 0 spiro atoms. The molecule has 0 radical (unpaired) electrons. The topological polar surface area (TPSA) is 72.9 Å². The van der Waals surface area contributed by atoms with Crippen LogP contribution in [0, 0.1) is 6.92 Å². The van der Waals surface area contributed by atoms with Gasteiger partial charge in [0.05, 0.1) is 11.4 Å². The number of hydrogen-bond donors (Lipinski definition) is 2. The third-order valence-electron chi connectivity index (χ3n) is 2.95. The second kappa shape index (κ2) is 5.56. The van der Waals surface area contributed by atoms with Crippen LogP contribution in [0.15, 0.2) is 30.3 Å². The number of carbonyl (C=O) groups is 1. The van der Waals surface area contributed by atoms with E-state index in [1.165, 1.54) is 0 Å². The van der Waals surface area contributed by atoms with Crippen LogP contribution in [0.1, 0.15) is 24.6 Å². The normalized spacial score (nSPS) is 10.4. The van der Waals surface area contributed by atoms with Gasteiger partial charge in [0.2, 0.25) is 0 Å². The summed E-state index contributed by atoms with van der Waals surface area (Å²) in [5, 5.41) is 7.23. The molecule has 0 aliphatic rings. The van der Waals surface area contributed by atoms with E-state index in [1.807, 2.05) is 37.3 Å². The zero-order chi connectivity index (χ0) is 13.8. The number of hydrogen-bond acceptors (Lipinski definition) is 2. The number of para-hydroxylation sites is 1. The molecule has 0 bridgehead atoms. The Morgan fingerprint density at radius 3 is 2.63 bits per heavy atom. The van der Waals surface area contributed by atoms with E-state index in [2.05, 4.69) is 17.3 Å². The first-order valence-corrected chi connectivity index (χ1v) is 6.33. The fourth-order valence-electron chi connectivity index (χ4n) is 2.03. The Balaban J connectivity index is 2.52. The highest BCUT2D eigenvalue weighted by Gasteiger charge is 2.16. The largest absolute Gasteiger partial charge is 0.351 e. The Kier molecular flexibility index (Phi) is 3.85. The van der Waals surface area contributed by atoms with Gasteiger partial charge < -0.3 is 5.73 Å². The van der Waals surface area contributed by atoms with Crippen LogP contribution in [-0.4, -0.2) is 15.8 Å². The number of primary amides is 1. The molecule has 100 valence electrons. The zero-order valence-corrected chi connectivity index (χ0v) is 11.2. The predicted octanol–water partition coefficient (Wildman–Crippen LogP) is 2.62. The van der Waals surface area contributed by atoms with Gasteiger partial charge >= 0.3 is 6.03 Å². The highest BCUT2D eigenvalue weighted by atomic mass is 16.2. The van der Waals surface area contributed by atoms with Gasteiger partial charge in [0.1, 0.15) is 5.82 Å². The number of urea groups is 1. The molecule has 2 rings (SSSR count). The maximum absolute atomic E-state index is 11.1. The molecule has 0 unspecified atom stereocenters. The summed E-state index contributed by atoms with van der Waals surface area (Å²) in [6.45, 7) is 4.05. The molecular formula is C14H18N4O. The van der Waals surface area contributed by atoms with Crippen LogP contribution in [0.3, 0.4) is 0 Å². The van der Waals surface area contributed by atoms with Crippen molar-refractivity contribution in [3.63, 3.8) is 0 Å². The number of amides is 2. The van der Waals surface area contributed by atoms with Crippen molar-refractivity contribution in [3.05, 3.63) is 41.6 Å². The molecule has 0 saturated heterocycles. The van der Waals surface area contributed by atoms with Crippen molar-refractivity contribution in [2.75, 3.05) is 5.32 Å². The number of nitrogens with one attached hydrogen (secondary N) is 1. The average molecular weight is 258 g/mol. The summed E-state index contributed by atoms with van der Waals surface area (Å²) in [6.07, 6.45) is 1.88. The number of rotatable bonds is 4. The minimum Gasteiger partial charge on any atom is -0.351 e. The van der Waals surface area contributed by atoms with Gasteiger partial charge in [0.25, 0.3) is 0 Å². The lowest BCUT2D eigenvalue weighted by molar-refractivity contribution is 0.259. The number of aryl methyl sites for hydroxylation is 1. The van der Waals surface area contributed by atoms with Crippen molar-refractivity contribution in [2.24, 2.45) is 5.73 Å². The van der Waals surface area contributed by atoms with Crippen LogP contribution >= 0.6 is 0 Å². The predicted molar refractivity (Wildman–Crippen MR) is 75.5 cm³/mol. The molecule has 1 heterocycles. The Morgan fingerprint density at radius 2 is 2.05 bits per heavy atom. The Morgan fingerprint density at radius 1 is 1.37 bits per heavy atom. The summed E-state index contributed by atoms with van der Waals surface area (Å²) in [5.41, 5.74) is 8.08. The minimum absolute atomic E-state index is 0.580. The van der Waals surface area contributed by atoms with E-state index in [0.717, 1.165) is 29.8 Å². The molecule has 5 nitrogen and oxygen atoms in total. The summed E-state index contributed by atoms with van der Waals surface area (Å²) >= 11 is 0. The Hall–Kier alpha value is -2.30. The molecule has 5 heteroatoms. The van der Waals surface area contributed by atoms with Gasteiger partial charge in [-0.2, -0.15) is 5.10 Å². The van der Waals surface area contributed by atoms with Crippen LogP contribution < -0.4 is 11.1 Å². The molecule has 0 atom stereocenters. The highest BCUT2D eigenvalue weighted by Crippen LogP contribution is 2.23. The van der Waals surface area contributed by atoms with Gasteiger partial charge in [-0.15, -0.1) is 0 Å². The van der Waals surface area contributed by atoms with Gasteiger partial charge in [-0.25, -0.2) is 9.48 Å². The summed E-state index contributed by atoms with van der Waals surface area (Å²) in [6, 6.07) is 9.10. The highest BCUT2D eigenvalue weighted by molar-refractivity contribution is 5.88. The molecule has 2 amide bonds. The molecular weight excluding hydrogens is 240 g/mol. The van der Waals surface area contributed by atoms with E-state index in [9.17, 15) is 4.79 Å². The van der Waals surface area contributed by atoms with E-state index in [1.54, 1.807) is 4.68 Å². The van der Waals surface area contributed by atoms with E-state index >= 15 is 0 Å². The van der Waals surface area contributed by atoms with Crippen LogP contribution in [0.25, 0.3) is 5.69 Å². The van der Waals surface area contributed by atoms with Gasteiger partial charge in [-0.05, 0) is 25.5 Å². The van der Waals surface area contributed by atoms with E-state index in [-0.39, 0.29) is 0 Å². The number of carbonyl (C=O) groups excluding carboxylic acids is 1. The van der Waals surface area contributed by atoms with Crippen molar-refractivity contribution < 1.29 is 4.79 Å². The summed E-state index contributed by atoms with van der Waals surface area (Å²) in [5.74, 6) is 0.641. The lowest BCUT2D eigenvalue weighted by Gasteiger charge is -2.07. The number of aromatic nitrogens is 2. The molecule has 1 aromatic heterocycles.